The molecule has 1 rings (SSSR count). The van der Waals surface area contributed by atoms with E-state index in [4.69, 9.17) is 14.9 Å². The molecule has 0 aromatic carbocycles. The summed E-state index contributed by atoms with van der Waals surface area (Å²) >= 11 is 0. The van der Waals surface area contributed by atoms with Crippen molar-refractivity contribution in [1.29, 1.82) is 0 Å². The maximum absolute atomic E-state index is 11.2. The van der Waals surface area contributed by atoms with Gasteiger partial charge in [-0.05, 0) is 13.8 Å². The predicted octanol–water partition coefficient (Wildman–Crippen LogP) is 0.137. The Labute approximate surface area is 92.0 Å². The van der Waals surface area contributed by atoms with Gasteiger partial charge in [0.05, 0.1) is 6.61 Å². The molecule has 0 bridgehead atoms. The van der Waals surface area contributed by atoms with E-state index in [-0.39, 0.29) is 18.3 Å². The van der Waals surface area contributed by atoms with Gasteiger partial charge in [-0.1, -0.05) is 0 Å². The van der Waals surface area contributed by atoms with E-state index in [9.17, 15) is 9.59 Å². The van der Waals surface area contributed by atoms with Crippen molar-refractivity contribution in [2.75, 3.05) is 11.9 Å². The zero-order valence-electron chi connectivity index (χ0n) is 9.02. The number of nitrogens with two attached hydrogens (primary N) is 1. The first-order chi connectivity index (χ1) is 7.54. The van der Waals surface area contributed by atoms with E-state index in [2.05, 4.69) is 10.3 Å². The zero-order valence-corrected chi connectivity index (χ0v) is 9.02. The minimum atomic E-state index is -0.631. The normalized spacial score (nSPS) is 11.9. The zero-order chi connectivity index (χ0) is 12.1. The molecular formula is C9H13N3O4. The minimum absolute atomic E-state index is 0.0426. The Bertz CT molecular complexity index is 388. The van der Waals surface area contributed by atoms with Crippen LogP contribution in [-0.4, -0.2) is 29.5 Å². The quantitative estimate of drug-likeness (QED) is 0.692. The predicted molar refractivity (Wildman–Crippen MR) is 54.7 cm³/mol. The largest absolute Gasteiger partial charge is 0.461 e. The number of carbonyl (C=O) groups excluding carboxylic acids is 2. The summed E-state index contributed by atoms with van der Waals surface area (Å²) < 4.78 is 9.63. The Morgan fingerprint density at radius 3 is 2.94 bits per heavy atom. The highest BCUT2D eigenvalue weighted by atomic mass is 16.5. The second kappa shape index (κ2) is 5.15. The molecule has 16 heavy (non-hydrogen) atoms. The number of hydrogen-bond donors (Lipinski definition) is 2. The molecule has 1 atom stereocenters. The monoisotopic (exact) mass is 227 g/mol. The third-order valence-electron chi connectivity index (χ3n) is 1.76. The van der Waals surface area contributed by atoms with E-state index < -0.39 is 17.9 Å². The lowest BCUT2D eigenvalue weighted by molar-refractivity contribution is -0.118. The number of carbonyl (C=O) groups is 2. The van der Waals surface area contributed by atoms with Gasteiger partial charge in [0.2, 0.25) is 5.91 Å². The third kappa shape index (κ3) is 2.97. The summed E-state index contributed by atoms with van der Waals surface area (Å²) in [4.78, 5) is 25.8. The second-order valence-corrected chi connectivity index (χ2v) is 3.03. The van der Waals surface area contributed by atoms with Gasteiger partial charge in [-0.15, -0.1) is 0 Å². The number of esters is 1. The first-order valence-electron chi connectivity index (χ1n) is 4.73. The summed E-state index contributed by atoms with van der Waals surface area (Å²) in [6.45, 7) is 3.50. The van der Waals surface area contributed by atoms with Gasteiger partial charge in [-0.2, -0.15) is 4.98 Å². The smallest absolute Gasteiger partial charge is 0.360 e. The van der Waals surface area contributed by atoms with Gasteiger partial charge in [-0.3, -0.25) is 4.79 Å². The summed E-state index contributed by atoms with van der Waals surface area (Å²) in [6, 6.07) is -0.581. The number of ether oxygens (including phenoxy) is 1. The van der Waals surface area contributed by atoms with Crippen molar-refractivity contribution in [3.05, 3.63) is 12.0 Å². The van der Waals surface area contributed by atoms with Gasteiger partial charge in [0.1, 0.15) is 12.3 Å². The number of oxazole rings is 1. The molecule has 3 N–H and O–H groups in total. The summed E-state index contributed by atoms with van der Waals surface area (Å²) in [6.07, 6.45) is 1.15. The number of rotatable bonds is 5. The second-order valence-electron chi connectivity index (χ2n) is 3.03. The summed E-state index contributed by atoms with van der Waals surface area (Å²) in [5.41, 5.74) is 5.08. The highest BCUT2D eigenvalue weighted by Crippen LogP contribution is 2.09. The Morgan fingerprint density at radius 1 is 1.69 bits per heavy atom. The molecule has 1 heterocycles. The Kier molecular flexibility index (Phi) is 3.87. The summed E-state index contributed by atoms with van der Waals surface area (Å²) in [5, 5.41) is 2.60. The van der Waals surface area contributed by atoms with Crippen LogP contribution in [0.25, 0.3) is 0 Å². The first kappa shape index (κ1) is 12.0. The van der Waals surface area contributed by atoms with Crippen LogP contribution in [0.3, 0.4) is 0 Å². The molecule has 7 heteroatoms. The molecular weight excluding hydrogens is 214 g/mol. The SMILES string of the molecule is CCOC(=O)c1coc(NC(C)C(N)=O)n1. The van der Waals surface area contributed by atoms with Gasteiger partial charge in [0.25, 0.3) is 6.01 Å². The van der Waals surface area contributed by atoms with E-state index in [1.165, 1.54) is 0 Å². The Balaban J connectivity index is 2.64. The van der Waals surface area contributed by atoms with Crippen molar-refractivity contribution in [3.8, 4) is 0 Å². The number of hydrogen-bond acceptors (Lipinski definition) is 6. The van der Waals surface area contributed by atoms with E-state index in [1.54, 1.807) is 13.8 Å². The molecule has 88 valence electrons. The number of amides is 1. The molecule has 0 spiro atoms. The number of nitrogens with zero attached hydrogens (tertiary/aromatic N) is 1. The molecule has 0 radical (unpaired) electrons. The van der Waals surface area contributed by atoms with Crippen molar-refractivity contribution in [3.63, 3.8) is 0 Å². The van der Waals surface area contributed by atoms with Crippen LogP contribution in [0.2, 0.25) is 0 Å². The van der Waals surface area contributed by atoms with Crippen LogP contribution in [0.4, 0.5) is 6.01 Å². The summed E-state index contributed by atoms with van der Waals surface area (Å²) in [7, 11) is 0. The molecule has 7 nitrogen and oxygen atoms in total. The lowest BCUT2D eigenvalue weighted by atomic mass is 10.3. The molecule has 1 amide bonds. The maximum atomic E-state index is 11.2. The fourth-order valence-corrected chi connectivity index (χ4v) is 0.895. The minimum Gasteiger partial charge on any atom is -0.461 e. The highest BCUT2D eigenvalue weighted by molar-refractivity contribution is 5.87. The fraction of sp³-hybridized carbons (Fsp3) is 0.444. The van der Waals surface area contributed by atoms with E-state index in [0.717, 1.165) is 6.26 Å². The lowest BCUT2D eigenvalue weighted by Gasteiger charge is -2.06. The van der Waals surface area contributed by atoms with Gasteiger partial charge in [0, 0.05) is 0 Å². The lowest BCUT2D eigenvalue weighted by Crippen LogP contribution is -2.32. The van der Waals surface area contributed by atoms with Crippen LogP contribution in [0.15, 0.2) is 10.7 Å². The standard InChI is InChI=1S/C9H13N3O4/c1-3-15-8(14)6-4-16-9(12-6)11-5(2)7(10)13/h4-5H,3H2,1-2H3,(H2,10,13)(H,11,12). The van der Waals surface area contributed by atoms with Gasteiger partial charge in [-0.25, -0.2) is 4.79 Å². The van der Waals surface area contributed by atoms with Crippen LogP contribution in [-0.2, 0) is 9.53 Å². The van der Waals surface area contributed by atoms with Gasteiger partial charge >= 0.3 is 5.97 Å². The number of aromatic nitrogens is 1. The average Bonchev–Trinajstić information content (AvgIpc) is 2.66. The van der Waals surface area contributed by atoms with Crippen molar-refractivity contribution < 1.29 is 18.7 Å². The molecule has 1 unspecified atom stereocenters. The molecule has 0 aliphatic heterocycles. The average molecular weight is 227 g/mol. The molecule has 0 saturated heterocycles. The molecule has 1 aromatic heterocycles. The summed E-state index contributed by atoms with van der Waals surface area (Å²) in [5.74, 6) is -1.12. The molecule has 0 fully saturated rings. The first-order valence-corrected chi connectivity index (χ1v) is 4.73. The van der Waals surface area contributed by atoms with Crippen LogP contribution < -0.4 is 11.1 Å². The Hall–Kier alpha value is -2.05. The number of anilines is 1. The van der Waals surface area contributed by atoms with Crippen molar-refractivity contribution in [2.45, 2.75) is 19.9 Å². The fourth-order valence-electron chi connectivity index (χ4n) is 0.895. The van der Waals surface area contributed by atoms with E-state index in [0.29, 0.717) is 0 Å². The van der Waals surface area contributed by atoms with E-state index in [1.807, 2.05) is 0 Å². The van der Waals surface area contributed by atoms with Crippen molar-refractivity contribution >= 4 is 17.9 Å². The highest BCUT2D eigenvalue weighted by Gasteiger charge is 2.15. The molecule has 0 aliphatic carbocycles. The number of nitrogens with one attached hydrogen (secondary N) is 1. The van der Waals surface area contributed by atoms with Crippen molar-refractivity contribution in [2.24, 2.45) is 5.73 Å². The Morgan fingerprint density at radius 2 is 2.38 bits per heavy atom. The maximum Gasteiger partial charge on any atom is 0.360 e. The molecule has 0 saturated carbocycles. The van der Waals surface area contributed by atoms with Gasteiger partial charge < -0.3 is 20.2 Å². The van der Waals surface area contributed by atoms with Crippen LogP contribution in [0.5, 0.6) is 0 Å². The molecule has 1 aromatic rings. The van der Waals surface area contributed by atoms with E-state index >= 15 is 0 Å². The number of primary amides is 1. The van der Waals surface area contributed by atoms with Crippen LogP contribution in [0, 0.1) is 0 Å². The third-order valence-corrected chi connectivity index (χ3v) is 1.76. The molecule has 0 aliphatic rings. The van der Waals surface area contributed by atoms with Crippen LogP contribution in [0.1, 0.15) is 24.3 Å². The van der Waals surface area contributed by atoms with Crippen LogP contribution >= 0.6 is 0 Å². The van der Waals surface area contributed by atoms with Crippen molar-refractivity contribution in [1.82, 2.24) is 4.98 Å². The van der Waals surface area contributed by atoms with Gasteiger partial charge in [0.15, 0.2) is 5.69 Å². The topological polar surface area (TPSA) is 107 Å².